The molecule has 1 rings (SSSR count). The van der Waals surface area contributed by atoms with Gasteiger partial charge in [-0.05, 0) is 82.2 Å². The standard InChI is InChI=1S/C15H24O/c1-10-9-11(2)13(4)14(12(10)3)7-8-15(5,6)16/h9,16H,7-8H2,1-6H3. The van der Waals surface area contributed by atoms with Gasteiger partial charge in [-0.15, -0.1) is 0 Å². The molecule has 1 aromatic rings. The molecular weight excluding hydrogens is 196 g/mol. The Balaban J connectivity index is 3.04. The average molecular weight is 220 g/mol. The normalized spacial score (nSPS) is 11.9. The van der Waals surface area contributed by atoms with Crippen LogP contribution in [0, 0.1) is 27.7 Å². The molecule has 0 spiro atoms. The Kier molecular flexibility index (Phi) is 3.80. The maximum absolute atomic E-state index is 9.80. The van der Waals surface area contributed by atoms with Gasteiger partial charge in [0.1, 0.15) is 0 Å². The first-order chi connectivity index (χ1) is 7.22. The van der Waals surface area contributed by atoms with Crippen LogP contribution in [0.3, 0.4) is 0 Å². The lowest BCUT2D eigenvalue weighted by Gasteiger charge is -2.20. The summed E-state index contributed by atoms with van der Waals surface area (Å²) in [4.78, 5) is 0. The highest BCUT2D eigenvalue weighted by Crippen LogP contribution is 2.24. The molecule has 1 nitrogen and oxygen atoms in total. The largest absolute Gasteiger partial charge is 0.390 e. The fourth-order valence-electron chi connectivity index (χ4n) is 2.10. The summed E-state index contributed by atoms with van der Waals surface area (Å²) in [6.45, 7) is 12.4. The van der Waals surface area contributed by atoms with Crippen molar-refractivity contribution in [2.45, 2.75) is 60.0 Å². The third-order valence-corrected chi connectivity index (χ3v) is 3.51. The molecule has 0 radical (unpaired) electrons. The molecule has 16 heavy (non-hydrogen) atoms. The quantitative estimate of drug-likeness (QED) is 0.825. The van der Waals surface area contributed by atoms with Gasteiger partial charge in [-0.2, -0.15) is 0 Å². The highest BCUT2D eigenvalue weighted by atomic mass is 16.3. The summed E-state index contributed by atoms with van der Waals surface area (Å²) in [5.74, 6) is 0. The molecule has 1 N–H and O–H groups in total. The van der Waals surface area contributed by atoms with Crippen molar-refractivity contribution in [1.82, 2.24) is 0 Å². The number of benzene rings is 1. The van der Waals surface area contributed by atoms with Gasteiger partial charge < -0.3 is 5.11 Å². The molecule has 0 amide bonds. The zero-order chi connectivity index (χ0) is 12.5. The molecule has 0 unspecified atom stereocenters. The summed E-state index contributed by atoms with van der Waals surface area (Å²) in [6, 6.07) is 2.25. The predicted octanol–water partition coefficient (Wildman–Crippen LogP) is 3.62. The number of aliphatic hydroxyl groups is 1. The van der Waals surface area contributed by atoms with Crippen LogP contribution in [0.1, 0.15) is 48.1 Å². The van der Waals surface area contributed by atoms with Crippen molar-refractivity contribution < 1.29 is 5.11 Å². The third-order valence-electron chi connectivity index (χ3n) is 3.51. The minimum Gasteiger partial charge on any atom is -0.390 e. The first-order valence-electron chi connectivity index (χ1n) is 6.01. The Morgan fingerprint density at radius 1 is 1.00 bits per heavy atom. The second kappa shape index (κ2) is 4.58. The maximum Gasteiger partial charge on any atom is 0.0594 e. The molecule has 0 aliphatic heterocycles. The molecule has 0 aromatic heterocycles. The number of rotatable bonds is 3. The van der Waals surface area contributed by atoms with Crippen molar-refractivity contribution in [2.24, 2.45) is 0 Å². The van der Waals surface area contributed by atoms with Crippen molar-refractivity contribution >= 4 is 0 Å². The van der Waals surface area contributed by atoms with E-state index >= 15 is 0 Å². The molecule has 0 aliphatic carbocycles. The molecule has 0 saturated heterocycles. The van der Waals surface area contributed by atoms with Crippen LogP contribution in [-0.2, 0) is 6.42 Å². The summed E-state index contributed by atoms with van der Waals surface area (Å²) in [5, 5.41) is 9.80. The van der Waals surface area contributed by atoms with E-state index in [0.717, 1.165) is 12.8 Å². The predicted molar refractivity (Wildman–Crippen MR) is 70.0 cm³/mol. The molecule has 1 heteroatoms. The Morgan fingerprint density at radius 2 is 1.44 bits per heavy atom. The van der Waals surface area contributed by atoms with Gasteiger partial charge in [0.2, 0.25) is 0 Å². The van der Waals surface area contributed by atoms with Gasteiger partial charge in [-0.3, -0.25) is 0 Å². The molecule has 0 atom stereocenters. The number of aryl methyl sites for hydroxylation is 2. The summed E-state index contributed by atoms with van der Waals surface area (Å²) in [6.07, 6.45) is 1.78. The van der Waals surface area contributed by atoms with E-state index in [1.54, 1.807) is 0 Å². The monoisotopic (exact) mass is 220 g/mol. The van der Waals surface area contributed by atoms with Crippen molar-refractivity contribution in [3.05, 3.63) is 33.9 Å². The van der Waals surface area contributed by atoms with Crippen molar-refractivity contribution in [1.29, 1.82) is 0 Å². The zero-order valence-electron chi connectivity index (χ0n) is 11.4. The van der Waals surface area contributed by atoms with Gasteiger partial charge in [0, 0.05) is 0 Å². The first-order valence-corrected chi connectivity index (χ1v) is 6.01. The molecule has 0 aliphatic rings. The lowest BCUT2D eigenvalue weighted by molar-refractivity contribution is 0.0713. The molecule has 0 heterocycles. The molecule has 0 bridgehead atoms. The zero-order valence-corrected chi connectivity index (χ0v) is 11.4. The average Bonchev–Trinajstić information content (AvgIpc) is 2.13. The van der Waals surface area contributed by atoms with Crippen molar-refractivity contribution in [3.8, 4) is 0 Å². The van der Waals surface area contributed by atoms with Crippen molar-refractivity contribution in [2.75, 3.05) is 0 Å². The van der Waals surface area contributed by atoms with Crippen LogP contribution in [0.2, 0.25) is 0 Å². The van der Waals surface area contributed by atoms with Gasteiger partial charge >= 0.3 is 0 Å². The van der Waals surface area contributed by atoms with Crippen LogP contribution in [0.5, 0.6) is 0 Å². The van der Waals surface area contributed by atoms with E-state index in [9.17, 15) is 5.11 Å². The van der Waals surface area contributed by atoms with E-state index in [1.165, 1.54) is 27.8 Å². The highest BCUT2D eigenvalue weighted by Gasteiger charge is 2.15. The van der Waals surface area contributed by atoms with E-state index < -0.39 is 5.60 Å². The smallest absolute Gasteiger partial charge is 0.0594 e. The number of hydrogen-bond donors (Lipinski definition) is 1. The molecule has 90 valence electrons. The van der Waals surface area contributed by atoms with Crippen LogP contribution in [0.15, 0.2) is 6.07 Å². The summed E-state index contributed by atoms with van der Waals surface area (Å²) >= 11 is 0. The van der Waals surface area contributed by atoms with E-state index in [4.69, 9.17) is 0 Å². The topological polar surface area (TPSA) is 20.2 Å². The lowest BCUT2D eigenvalue weighted by atomic mass is 9.89. The maximum atomic E-state index is 9.80. The summed E-state index contributed by atoms with van der Waals surface area (Å²) < 4.78 is 0. The van der Waals surface area contributed by atoms with Gasteiger partial charge in [-0.25, -0.2) is 0 Å². The first kappa shape index (κ1) is 13.2. The summed E-state index contributed by atoms with van der Waals surface area (Å²) in [5.41, 5.74) is 6.32. The van der Waals surface area contributed by atoms with Gasteiger partial charge in [-0.1, -0.05) is 6.07 Å². The van der Waals surface area contributed by atoms with Crippen molar-refractivity contribution in [3.63, 3.8) is 0 Å². The number of hydrogen-bond acceptors (Lipinski definition) is 1. The Morgan fingerprint density at radius 3 is 1.81 bits per heavy atom. The van der Waals surface area contributed by atoms with Crippen LogP contribution in [-0.4, -0.2) is 10.7 Å². The van der Waals surface area contributed by atoms with Crippen LogP contribution in [0.4, 0.5) is 0 Å². The van der Waals surface area contributed by atoms with E-state index in [0.29, 0.717) is 0 Å². The minimum atomic E-state index is -0.573. The Labute approximate surface area is 99.5 Å². The Bertz CT molecular complexity index is 357. The van der Waals surface area contributed by atoms with E-state index in [-0.39, 0.29) is 0 Å². The second-order valence-corrected chi connectivity index (χ2v) is 5.55. The molecule has 1 aromatic carbocycles. The van der Waals surface area contributed by atoms with Crippen LogP contribution >= 0.6 is 0 Å². The highest BCUT2D eigenvalue weighted by molar-refractivity contribution is 5.44. The van der Waals surface area contributed by atoms with E-state index in [2.05, 4.69) is 33.8 Å². The third kappa shape index (κ3) is 3.08. The van der Waals surface area contributed by atoms with Crippen LogP contribution in [0.25, 0.3) is 0 Å². The minimum absolute atomic E-state index is 0.573. The molecular formula is C15H24O. The lowest BCUT2D eigenvalue weighted by Crippen LogP contribution is -2.19. The Hall–Kier alpha value is -0.820. The molecule has 0 saturated carbocycles. The fraction of sp³-hybridized carbons (Fsp3) is 0.600. The van der Waals surface area contributed by atoms with Gasteiger partial charge in [0.25, 0.3) is 0 Å². The molecule has 0 fully saturated rings. The summed E-state index contributed by atoms with van der Waals surface area (Å²) in [7, 11) is 0. The van der Waals surface area contributed by atoms with Crippen LogP contribution < -0.4 is 0 Å². The second-order valence-electron chi connectivity index (χ2n) is 5.55. The van der Waals surface area contributed by atoms with Gasteiger partial charge in [0.15, 0.2) is 0 Å². The fourth-order valence-corrected chi connectivity index (χ4v) is 2.10. The SMILES string of the molecule is Cc1cc(C)c(C)c(CCC(C)(C)O)c1C. The van der Waals surface area contributed by atoms with Gasteiger partial charge in [0.05, 0.1) is 5.60 Å². The van der Waals surface area contributed by atoms with E-state index in [1.807, 2.05) is 13.8 Å².